The van der Waals surface area contributed by atoms with Gasteiger partial charge in [0.1, 0.15) is 11.7 Å². The van der Waals surface area contributed by atoms with Crippen LogP contribution >= 0.6 is 15.9 Å². The van der Waals surface area contributed by atoms with Gasteiger partial charge in [-0.1, -0.05) is 22.5 Å². The van der Waals surface area contributed by atoms with E-state index in [1.54, 1.807) is 0 Å². The van der Waals surface area contributed by atoms with E-state index in [2.05, 4.69) is 37.9 Å². The number of benzene rings is 1. The smallest absolute Gasteiger partial charge is 0.387 e. The lowest BCUT2D eigenvalue weighted by molar-refractivity contribution is -0.145. The summed E-state index contributed by atoms with van der Waals surface area (Å²) in [5.74, 6) is -1.82. The molecule has 124 valence electrons. The number of urea groups is 1. The molecule has 9 heteroatoms. The van der Waals surface area contributed by atoms with E-state index in [9.17, 15) is 18.4 Å². The molecule has 0 saturated carbocycles. The van der Waals surface area contributed by atoms with Gasteiger partial charge in [-0.05, 0) is 18.2 Å². The molecule has 1 aromatic carbocycles. The molecule has 1 aliphatic rings. The van der Waals surface area contributed by atoms with Crippen LogP contribution in [0.15, 0.2) is 34.9 Å². The van der Waals surface area contributed by atoms with E-state index in [0.717, 1.165) is 0 Å². The molecule has 0 bridgehead atoms. The van der Waals surface area contributed by atoms with Crippen molar-refractivity contribution in [2.45, 2.75) is 12.7 Å². The Balaban J connectivity index is 2.51. The molecule has 23 heavy (non-hydrogen) atoms. The topological polar surface area (TPSA) is 76.7 Å². The van der Waals surface area contributed by atoms with E-state index in [-0.39, 0.29) is 17.0 Å². The van der Waals surface area contributed by atoms with Crippen LogP contribution in [0.25, 0.3) is 0 Å². The zero-order valence-corrected chi connectivity index (χ0v) is 13.5. The number of esters is 1. The Morgan fingerprint density at radius 3 is 2.74 bits per heavy atom. The van der Waals surface area contributed by atoms with E-state index < -0.39 is 30.6 Å². The molecular formula is C14H13BrF2N2O4. The average molecular weight is 391 g/mol. The third kappa shape index (κ3) is 3.79. The first-order valence-electron chi connectivity index (χ1n) is 6.42. The van der Waals surface area contributed by atoms with Crippen LogP contribution in [0.3, 0.4) is 0 Å². The van der Waals surface area contributed by atoms with Crippen molar-refractivity contribution < 1.29 is 27.8 Å². The lowest BCUT2D eigenvalue weighted by atomic mass is 9.88. The Kier molecular flexibility index (Phi) is 5.19. The first-order chi connectivity index (χ1) is 10.8. The summed E-state index contributed by atoms with van der Waals surface area (Å²) < 4.78 is 35.0. The fraction of sp³-hybridized carbons (Fsp3) is 0.286. The van der Waals surface area contributed by atoms with Gasteiger partial charge in [-0.15, -0.1) is 0 Å². The van der Waals surface area contributed by atoms with Gasteiger partial charge < -0.3 is 20.1 Å². The standard InChI is InChI=1S/C14H13BrF2N2O4/c1-6-10(12(20)22-2)11(19-14(21)18-6)8-5-7(15)3-4-9(8)23-13(16)17/h3-5,10-11,13H,1H2,2H3,(H2,18,19,21)/t10-,11+/m0/s1. The summed E-state index contributed by atoms with van der Waals surface area (Å²) in [5, 5.41) is 4.88. The van der Waals surface area contributed by atoms with Crippen LogP contribution in [0.1, 0.15) is 11.6 Å². The van der Waals surface area contributed by atoms with Crippen molar-refractivity contribution in [2.75, 3.05) is 7.11 Å². The molecular weight excluding hydrogens is 378 g/mol. The molecule has 0 unspecified atom stereocenters. The number of halogens is 3. The van der Waals surface area contributed by atoms with Crippen LogP contribution < -0.4 is 15.4 Å². The van der Waals surface area contributed by atoms with Crippen molar-refractivity contribution in [3.05, 3.63) is 40.5 Å². The van der Waals surface area contributed by atoms with Gasteiger partial charge in [0.15, 0.2) is 0 Å². The van der Waals surface area contributed by atoms with E-state index >= 15 is 0 Å². The Labute approximate surface area is 139 Å². The van der Waals surface area contributed by atoms with Crippen molar-refractivity contribution in [2.24, 2.45) is 5.92 Å². The van der Waals surface area contributed by atoms with Gasteiger partial charge in [-0.25, -0.2) is 4.79 Å². The van der Waals surface area contributed by atoms with Crippen molar-refractivity contribution >= 4 is 27.9 Å². The molecule has 1 aliphatic heterocycles. The summed E-state index contributed by atoms with van der Waals surface area (Å²) in [6.45, 7) is 0.581. The SMILES string of the molecule is C=C1NC(=O)N[C@H](c2cc(Br)ccc2OC(F)F)[C@H]1C(=O)OC. The van der Waals surface area contributed by atoms with Crippen LogP contribution in [0.2, 0.25) is 0 Å². The fourth-order valence-electron chi connectivity index (χ4n) is 2.31. The first kappa shape index (κ1) is 17.2. The number of hydrogen-bond acceptors (Lipinski definition) is 4. The molecule has 2 rings (SSSR count). The third-order valence-corrected chi connectivity index (χ3v) is 3.74. The Morgan fingerprint density at radius 2 is 2.13 bits per heavy atom. The molecule has 2 N–H and O–H groups in total. The lowest BCUT2D eigenvalue weighted by Gasteiger charge is -2.33. The minimum atomic E-state index is -3.05. The van der Waals surface area contributed by atoms with Gasteiger partial charge in [-0.3, -0.25) is 4.79 Å². The van der Waals surface area contributed by atoms with Crippen LogP contribution in [0.4, 0.5) is 13.6 Å². The zero-order valence-electron chi connectivity index (χ0n) is 11.9. The molecule has 2 amide bonds. The number of amides is 2. The highest BCUT2D eigenvalue weighted by molar-refractivity contribution is 9.10. The van der Waals surface area contributed by atoms with Crippen molar-refractivity contribution in [3.63, 3.8) is 0 Å². The summed E-state index contributed by atoms with van der Waals surface area (Å²) in [4.78, 5) is 23.7. The average Bonchev–Trinajstić information content (AvgIpc) is 2.47. The van der Waals surface area contributed by atoms with E-state index in [0.29, 0.717) is 4.47 Å². The molecule has 1 saturated heterocycles. The monoisotopic (exact) mass is 390 g/mol. The van der Waals surface area contributed by atoms with Crippen molar-refractivity contribution in [1.82, 2.24) is 10.6 Å². The van der Waals surface area contributed by atoms with Crippen LogP contribution in [-0.4, -0.2) is 25.7 Å². The molecule has 6 nitrogen and oxygen atoms in total. The summed E-state index contributed by atoms with van der Waals surface area (Å²) in [6, 6.07) is 2.73. The molecule has 1 aromatic rings. The maximum Gasteiger partial charge on any atom is 0.387 e. The number of hydrogen-bond donors (Lipinski definition) is 2. The molecule has 0 aliphatic carbocycles. The van der Waals surface area contributed by atoms with E-state index in [1.165, 1.54) is 25.3 Å². The number of rotatable bonds is 4. The molecule has 0 radical (unpaired) electrons. The second-order valence-corrected chi connectivity index (χ2v) is 5.58. The van der Waals surface area contributed by atoms with E-state index in [1.807, 2.05) is 0 Å². The van der Waals surface area contributed by atoms with Crippen LogP contribution in [-0.2, 0) is 9.53 Å². The maximum absolute atomic E-state index is 12.6. The predicted molar refractivity (Wildman–Crippen MR) is 79.8 cm³/mol. The molecule has 1 fully saturated rings. The third-order valence-electron chi connectivity index (χ3n) is 3.25. The Bertz CT molecular complexity index is 654. The predicted octanol–water partition coefficient (Wildman–Crippen LogP) is 2.71. The van der Waals surface area contributed by atoms with Crippen LogP contribution in [0.5, 0.6) is 5.75 Å². The zero-order chi connectivity index (χ0) is 17.1. The minimum Gasteiger partial charge on any atom is -0.468 e. The van der Waals surface area contributed by atoms with Crippen LogP contribution in [0, 0.1) is 5.92 Å². The fourth-order valence-corrected chi connectivity index (χ4v) is 2.69. The highest BCUT2D eigenvalue weighted by atomic mass is 79.9. The Hall–Kier alpha value is -2.16. The molecule has 0 aromatic heterocycles. The van der Waals surface area contributed by atoms with E-state index in [4.69, 9.17) is 4.74 Å². The number of carbonyl (C=O) groups is 2. The number of alkyl halides is 2. The lowest BCUT2D eigenvalue weighted by Crippen LogP contribution is -2.51. The maximum atomic E-state index is 12.6. The summed E-state index contributed by atoms with van der Waals surface area (Å²) in [6.07, 6.45) is 0. The van der Waals surface area contributed by atoms with Crippen molar-refractivity contribution in [1.29, 1.82) is 0 Å². The second-order valence-electron chi connectivity index (χ2n) is 4.66. The largest absolute Gasteiger partial charge is 0.468 e. The highest BCUT2D eigenvalue weighted by Gasteiger charge is 2.40. The normalized spacial score (nSPS) is 20.7. The summed E-state index contributed by atoms with van der Waals surface area (Å²) >= 11 is 3.22. The van der Waals surface area contributed by atoms with Gasteiger partial charge in [0.2, 0.25) is 0 Å². The first-order valence-corrected chi connectivity index (χ1v) is 7.21. The number of ether oxygens (including phenoxy) is 2. The summed E-state index contributed by atoms with van der Waals surface area (Å²) in [5.41, 5.74) is 0.305. The van der Waals surface area contributed by atoms with Gasteiger partial charge in [0.05, 0.1) is 13.2 Å². The number of carbonyl (C=O) groups excluding carboxylic acids is 2. The second kappa shape index (κ2) is 6.95. The molecule has 1 heterocycles. The summed E-state index contributed by atoms with van der Waals surface area (Å²) in [7, 11) is 1.18. The highest BCUT2D eigenvalue weighted by Crippen LogP contribution is 2.37. The minimum absolute atomic E-state index is 0.105. The van der Waals surface area contributed by atoms with Gasteiger partial charge in [-0.2, -0.15) is 8.78 Å². The molecule has 0 spiro atoms. The van der Waals surface area contributed by atoms with Gasteiger partial charge >= 0.3 is 18.6 Å². The van der Waals surface area contributed by atoms with Gasteiger partial charge in [0, 0.05) is 15.7 Å². The van der Waals surface area contributed by atoms with Gasteiger partial charge in [0.25, 0.3) is 0 Å². The van der Waals surface area contributed by atoms with Crippen molar-refractivity contribution in [3.8, 4) is 5.75 Å². The quantitative estimate of drug-likeness (QED) is 0.774. The number of nitrogens with one attached hydrogen (secondary N) is 2. The molecule has 2 atom stereocenters. The Morgan fingerprint density at radius 1 is 1.43 bits per heavy atom. The number of methoxy groups -OCH3 is 1.